The summed E-state index contributed by atoms with van der Waals surface area (Å²) in [5.41, 5.74) is 0. The van der Waals surface area contributed by atoms with Gasteiger partial charge in [-0.2, -0.15) is 0 Å². The molecule has 2 aliphatic heterocycles. The summed E-state index contributed by atoms with van der Waals surface area (Å²) in [7, 11) is 4.38. The van der Waals surface area contributed by atoms with Crippen molar-refractivity contribution in [2.24, 2.45) is 5.92 Å². The second-order valence-corrected chi connectivity index (χ2v) is 6.02. The van der Waals surface area contributed by atoms with E-state index >= 15 is 0 Å². The molecule has 3 heteroatoms. The van der Waals surface area contributed by atoms with Crippen molar-refractivity contribution in [2.75, 3.05) is 40.3 Å². The van der Waals surface area contributed by atoms with E-state index < -0.39 is 0 Å². The summed E-state index contributed by atoms with van der Waals surface area (Å²) >= 11 is 0. The van der Waals surface area contributed by atoms with Gasteiger partial charge in [-0.05, 0) is 72.3 Å². The first-order valence-electron chi connectivity index (χ1n) is 7.30. The molecule has 0 aliphatic carbocycles. The van der Waals surface area contributed by atoms with Gasteiger partial charge in [-0.1, -0.05) is 0 Å². The van der Waals surface area contributed by atoms with Crippen LogP contribution in [-0.2, 0) is 0 Å². The predicted octanol–water partition coefficient (Wildman–Crippen LogP) is 1.40. The third-order valence-corrected chi connectivity index (χ3v) is 4.80. The van der Waals surface area contributed by atoms with Gasteiger partial charge in [0.15, 0.2) is 0 Å². The molecule has 0 aromatic carbocycles. The van der Waals surface area contributed by atoms with Gasteiger partial charge in [-0.3, -0.25) is 0 Å². The van der Waals surface area contributed by atoms with E-state index in [1.54, 1.807) is 0 Å². The molecule has 0 bridgehead atoms. The van der Waals surface area contributed by atoms with E-state index in [1.165, 1.54) is 51.9 Å². The molecule has 2 fully saturated rings. The summed E-state index contributed by atoms with van der Waals surface area (Å²) in [6.45, 7) is 7.52. The summed E-state index contributed by atoms with van der Waals surface area (Å²) in [4.78, 5) is 5.29. The Labute approximate surface area is 107 Å². The van der Waals surface area contributed by atoms with Gasteiger partial charge >= 0.3 is 0 Å². The van der Waals surface area contributed by atoms with E-state index in [4.69, 9.17) is 0 Å². The van der Waals surface area contributed by atoms with Crippen molar-refractivity contribution in [3.63, 3.8) is 0 Å². The van der Waals surface area contributed by atoms with Crippen molar-refractivity contribution in [2.45, 2.75) is 44.7 Å². The molecule has 100 valence electrons. The van der Waals surface area contributed by atoms with Crippen LogP contribution < -0.4 is 5.32 Å². The fourth-order valence-corrected chi connectivity index (χ4v) is 3.45. The van der Waals surface area contributed by atoms with Gasteiger partial charge in [0.2, 0.25) is 0 Å². The summed E-state index contributed by atoms with van der Waals surface area (Å²) in [6.07, 6.45) is 5.52. The molecule has 0 radical (unpaired) electrons. The Morgan fingerprint density at radius 2 is 2.12 bits per heavy atom. The van der Waals surface area contributed by atoms with Crippen LogP contribution in [0, 0.1) is 5.92 Å². The van der Waals surface area contributed by atoms with Gasteiger partial charge in [-0.15, -0.1) is 0 Å². The Morgan fingerprint density at radius 3 is 2.88 bits per heavy atom. The molecule has 2 heterocycles. The van der Waals surface area contributed by atoms with Gasteiger partial charge in [0, 0.05) is 18.6 Å². The number of hydrogen-bond acceptors (Lipinski definition) is 3. The topological polar surface area (TPSA) is 18.5 Å². The van der Waals surface area contributed by atoms with Crippen LogP contribution in [0.5, 0.6) is 0 Å². The first-order valence-corrected chi connectivity index (χ1v) is 7.30. The maximum Gasteiger partial charge on any atom is 0.0145 e. The van der Waals surface area contributed by atoms with Gasteiger partial charge in [0.1, 0.15) is 0 Å². The maximum absolute atomic E-state index is 3.33. The van der Waals surface area contributed by atoms with E-state index in [0.717, 1.165) is 12.0 Å². The third kappa shape index (κ3) is 3.43. The van der Waals surface area contributed by atoms with E-state index in [9.17, 15) is 0 Å². The highest BCUT2D eigenvalue weighted by atomic mass is 15.2. The van der Waals surface area contributed by atoms with Gasteiger partial charge < -0.3 is 15.1 Å². The van der Waals surface area contributed by atoms with Crippen LogP contribution in [0.2, 0.25) is 0 Å². The minimum absolute atomic E-state index is 0.654. The minimum atomic E-state index is 0.654. The molecule has 2 rings (SSSR count). The largest absolute Gasteiger partial charge is 0.317 e. The number of piperidine rings is 2. The summed E-state index contributed by atoms with van der Waals surface area (Å²) in [5.74, 6) is 0.937. The Hall–Kier alpha value is -0.120. The maximum atomic E-state index is 3.33. The predicted molar refractivity (Wildman–Crippen MR) is 73.3 cm³/mol. The van der Waals surface area contributed by atoms with Gasteiger partial charge in [0.05, 0.1) is 0 Å². The van der Waals surface area contributed by atoms with E-state index in [1.807, 2.05) is 0 Å². The fraction of sp³-hybridized carbons (Fsp3) is 1.00. The first-order chi connectivity index (χ1) is 8.20. The smallest absolute Gasteiger partial charge is 0.0145 e. The van der Waals surface area contributed by atoms with E-state index in [0.29, 0.717) is 6.04 Å². The van der Waals surface area contributed by atoms with Crippen LogP contribution in [-0.4, -0.2) is 62.2 Å². The van der Waals surface area contributed by atoms with E-state index in [2.05, 4.69) is 36.1 Å². The van der Waals surface area contributed by atoms with Gasteiger partial charge in [0.25, 0.3) is 0 Å². The monoisotopic (exact) mass is 239 g/mol. The van der Waals surface area contributed by atoms with Crippen molar-refractivity contribution in [1.29, 1.82) is 0 Å². The van der Waals surface area contributed by atoms with Crippen molar-refractivity contribution in [3.05, 3.63) is 0 Å². The molecule has 3 unspecified atom stereocenters. The Morgan fingerprint density at radius 1 is 1.29 bits per heavy atom. The highest BCUT2D eigenvalue weighted by Crippen LogP contribution is 2.29. The Kier molecular flexibility index (Phi) is 4.83. The van der Waals surface area contributed by atoms with Gasteiger partial charge in [-0.25, -0.2) is 0 Å². The zero-order chi connectivity index (χ0) is 12.3. The van der Waals surface area contributed by atoms with Crippen molar-refractivity contribution in [3.8, 4) is 0 Å². The minimum Gasteiger partial charge on any atom is -0.317 e. The quantitative estimate of drug-likeness (QED) is 0.800. The molecule has 0 amide bonds. The van der Waals surface area contributed by atoms with Crippen molar-refractivity contribution in [1.82, 2.24) is 15.1 Å². The fourth-order valence-electron chi connectivity index (χ4n) is 3.45. The second-order valence-electron chi connectivity index (χ2n) is 6.02. The molecular formula is C14H29N3. The number of rotatable bonds is 4. The van der Waals surface area contributed by atoms with Crippen LogP contribution in [0.15, 0.2) is 0 Å². The molecule has 1 N–H and O–H groups in total. The average molecular weight is 239 g/mol. The molecule has 0 aromatic heterocycles. The van der Waals surface area contributed by atoms with Crippen LogP contribution in [0.25, 0.3) is 0 Å². The van der Waals surface area contributed by atoms with Crippen LogP contribution in [0.3, 0.4) is 0 Å². The summed E-state index contributed by atoms with van der Waals surface area (Å²) < 4.78 is 0. The van der Waals surface area contributed by atoms with Crippen LogP contribution in [0.4, 0.5) is 0 Å². The Bertz CT molecular complexity index is 232. The number of hydrogen-bond donors (Lipinski definition) is 1. The number of fused-ring (bicyclic) bond motifs is 1. The SMILES string of the molecule is CNC(C)CCN1CCC2C(CCCN2C)C1. The summed E-state index contributed by atoms with van der Waals surface area (Å²) in [5, 5.41) is 3.33. The van der Waals surface area contributed by atoms with Crippen molar-refractivity contribution >= 4 is 0 Å². The Balaban J connectivity index is 1.77. The molecule has 3 nitrogen and oxygen atoms in total. The lowest BCUT2D eigenvalue weighted by atomic mass is 9.84. The lowest BCUT2D eigenvalue weighted by molar-refractivity contribution is 0.0374. The molecule has 3 atom stereocenters. The molecule has 0 saturated carbocycles. The lowest BCUT2D eigenvalue weighted by Gasteiger charge is -2.46. The zero-order valence-electron chi connectivity index (χ0n) is 11.8. The molecule has 2 aliphatic rings. The highest BCUT2D eigenvalue weighted by molar-refractivity contribution is 4.89. The molecule has 17 heavy (non-hydrogen) atoms. The number of nitrogens with one attached hydrogen (secondary N) is 1. The molecular weight excluding hydrogens is 210 g/mol. The normalized spacial score (nSPS) is 33.4. The summed E-state index contributed by atoms with van der Waals surface area (Å²) in [6, 6.07) is 1.53. The van der Waals surface area contributed by atoms with Crippen LogP contribution >= 0.6 is 0 Å². The molecule has 0 spiro atoms. The van der Waals surface area contributed by atoms with Crippen molar-refractivity contribution < 1.29 is 0 Å². The standard InChI is InChI=1S/C14H29N3/c1-12(15-2)6-9-17-10-7-14-13(11-17)5-4-8-16(14)3/h12-15H,4-11H2,1-3H3. The van der Waals surface area contributed by atoms with Crippen LogP contribution in [0.1, 0.15) is 32.6 Å². The highest BCUT2D eigenvalue weighted by Gasteiger charge is 2.33. The third-order valence-electron chi connectivity index (χ3n) is 4.80. The lowest BCUT2D eigenvalue weighted by Crippen LogP contribution is -2.53. The first kappa shape index (κ1) is 13.3. The molecule has 2 saturated heterocycles. The molecule has 0 aromatic rings. The van der Waals surface area contributed by atoms with E-state index in [-0.39, 0.29) is 0 Å². The number of likely N-dealkylation sites (tertiary alicyclic amines) is 2. The second kappa shape index (κ2) is 6.17. The average Bonchev–Trinajstić information content (AvgIpc) is 2.36. The zero-order valence-corrected chi connectivity index (χ0v) is 11.8. The number of nitrogens with zero attached hydrogens (tertiary/aromatic N) is 2.